The van der Waals surface area contributed by atoms with Crippen LogP contribution >= 0.6 is 0 Å². The van der Waals surface area contributed by atoms with Crippen LogP contribution in [0.4, 0.5) is 11.4 Å². The van der Waals surface area contributed by atoms with Gasteiger partial charge in [0.25, 0.3) is 0 Å². The average molecular weight is 236 g/mol. The maximum Gasteiger partial charge on any atom is 0.0701 e. The van der Waals surface area contributed by atoms with Crippen molar-refractivity contribution in [3.63, 3.8) is 0 Å². The number of piperidine rings is 1. The molecule has 1 aromatic rings. The molecule has 1 aromatic carbocycles. The van der Waals surface area contributed by atoms with Crippen molar-refractivity contribution in [2.45, 2.75) is 18.9 Å². The number of ether oxygens (including phenoxy) is 1. The summed E-state index contributed by atoms with van der Waals surface area (Å²) in [5.74, 6) is 0. The summed E-state index contributed by atoms with van der Waals surface area (Å²) in [6.45, 7) is 2.53. The fraction of sp³-hybridized carbons (Fsp3) is 0.538. The normalized spacial score (nSPS) is 17.4. The van der Waals surface area contributed by atoms with Crippen LogP contribution in [0.3, 0.4) is 0 Å². The Morgan fingerprint density at radius 1 is 1.35 bits per heavy atom. The van der Waals surface area contributed by atoms with Crippen LogP contribution in [0.1, 0.15) is 12.8 Å². The van der Waals surface area contributed by atoms with E-state index >= 15 is 0 Å². The zero-order valence-corrected chi connectivity index (χ0v) is 10.0. The lowest BCUT2D eigenvalue weighted by Crippen LogP contribution is -2.37. The van der Waals surface area contributed by atoms with Crippen LogP contribution in [-0.2, 0) is 4.74 Å². The van der Waals surface area contributed by atoms with Crippen molar-refractivity contribution in [2.24, 2.45) is 0 Å². The Kier molecular flexibility index (Phi) is 4.23. The second kappa shape index (κ2) is 5.89. The van der Waals surface area contributed by atoms with Crippen LogP contribution in [0.25, 0.3) is 0 Å². The molecule has 3 N–H and O–H groups in total. The van der Waals surface area contributed by atoms with Crippen molar-refractivity contribution < 1.29 is 9.84 Å². The number of aliphatic hydroxyl groups is 1. The van der Waals surface area contributed by atoms with E-state index in [4.69, 9.17) is 15.6 Å². The van der Waals surface area contributed by atoms with Gasteiger partial charge >= 0.3 is 0 Å². The number of hydrogen-bond donors (Lipinski definition) is 2. The molecule has 4 nitrogen and oxygen atoms in total. The van der Waals surface area contributed by atoms with Gasteiger partial charge in [0, 0.05) is 24.5 Å². The standard InChI is InChI=1S/C13H20N2O2/c14-11-2-1-3-12(10-11)15-6-4-13(5-7-15)17-9-8-16/h1-3,10,13,16H,4-9,14H2. The molecule has 2 rings (SSSR count). The van der Waals surface area contributed by atoms with Gasteiger partial charge in [0.05, 0.1) is 19.3 Å². The Bertz CT molecular complexity index is 349. The zero-order chi connectivity index (χ0) is 12.1. The number of nitrogens with zero attached hydrogens (tertiary/aromatic N) is 1. The molecular weight excluding hydrogens is 216 g/mol. The van der Waals surface area contributed by atoms with E-state index in [0.29, 0.717) is 12.7 Å². The second-order valence-electron chi connectivity index (χ2n) is 4.38. The van der Waals surface area contributed by atoms with Crippen molar-refractivity contribution in [1.29, 1.82) is 0 Å². The molecule has 0 spiro atoms. The summed E-state index contributed by atoms with van der Waals surface area (Å²) in [5.41, 5.74) is 7.77. The van der Waals surface area contributed by atoms with Crippen molar-refractivity contribution in [1.82, 2.24) is 0 Å². The Morgan fingerprint density at radius 2 is 2.12 bits per heavy atom. The van der Waals surface area contributed by atoms with Gasteiger partial charge in [0.1, 0.15) is 0 Å². The summed E-state index contributed by atoms with van der Waals surface area (Å²) in [7, 11) is 0. The van der Waals surface area contributed by atoms with Gasteiger partial charge < -0.3 is 20.5 Å². The van der Waals surface area contributed by atoms with Crippen LogP contribution in [-0.4, -0.2) is 37.5 Å². The van der Waals surface area contributed by atoms with Gasteiger partial charge in [0.15, 0.2) is 0 Å². The number of nitrogens with two attached hydrogens (primary N) is 1. The third kappa shape index (κ3) is 3.35. The third-order valence-electron chi connectivity index (χ3n) is 3.12. The fourth-order valence-corrected chi connectivity index (χ4v) is 2.22. The quantitative estimate of drug-likeness (QED) is 0.772. The molecule has 0 atom stereocenters. The minimum Gasteiger partial charge on any atom is -0.399 e. The summed E-state index contributed by atoms with van der Waals surface area (Å²) in [6.07, 6.45) is 2.31. The minimum atomic E-state index is 0.107. The van der Waals surface area contributed by atoms with Crippen molar-refractivity contribution >= 4 is 11.4 Å². The van der Waals surface area contributed by atoms with Gasteiger partial charge in [-0.25, -0.2) is 0 Å². The molecule has 0 radical (unpaired) electrons. The van der Waals surface area contributed by atoms with Crippen LogP contribution in [0, 0.1) is 0 Å². The molecule has 0 bridgehead atoms. The van der Waals surface area contributed by atoms with Gasteiger partial charge in [-0.2, -0.15) is 0 Å². The Morgan fingerprint density at radius 3 is 2.76 bits per heavy atom. The molecule has 0 unspecified atom stereocenters. The molecule has 94 valence electrons. The SMILES string of the molecule is Nc1cccc(N2CCC(OCCO)CC2)c1. The number of anilines is 2. The fourth-order valence-electron chi connectivity index (χ4n) is 2.22. The number of nitrogen functional groups attached to an aromatic ring is 1. The molecule has 4 heteroatoms. The van der Waals surface area contributed by atoms with Gasteiger partial charge in [-0.15, -0.1) is 0 Å². The molecule has 1 fully saturated rings. The van der Waals surface area contributed by atoms with E-state index in [9.17, 15) is 0 Å². The lowest BCUT2D eigenvalue weighted by atomic mass is 10.1. The summed E-state index contributed by atoms with van der Waals surface area (Å²) >= 11 is 0. The zero-order valence-electron chi connectivity index (χ0n) is 10.0. The van der Waals surface area contributed by atoms with Gasteiger partial charge in [-0.3, -0.25) is 0 Å². The molecular formula is C13H20N2O2. The maximum atomic E-state index is 8.71. The van der Waals surface area contributed by atoms with E-state index in [1.54, 1.807) is 0 Å². The predicted molar refractivity (Wildman–Crippen MR) is 69.1 cm³/mol. The first-order valence-electron chi connectivity index (χ1n) is 6.12. The Hall–Kier alpha value is -1.26. The van der Waals surface area contributed by atoms with E-state index < -0.39 is 0 Å². The number of rotatable bonds is 4. The topological polar surface area (TPSA) is 58.7 Å². The first-order chi connectivity index (χ1) is 8.29. The predicted octanol–water partition coefficient (Wildman–Crippen LogP) is 1.25. The highest BCUT2D eigenvalue weighted by Crippen LogP contribution is 2.22. The average Bonchev–Trinajstić information content (AvgIpc) is 2.37. The molecule has 1 aliphatic rings. The Balaban J connectivity index is 1.86. The van der Waals surface area contributed by atoms with Gasteiger partial charge in [-0.1, -0.05) is 6.07 Å². The number of aliphatic hydroxyl groups excluding tert-OH is 1. The largest absolute Gasteiger partial charge is 0.399 e. The van der Waals surface area contributed by atoms with Crippen molar-refractivity contribution in [2.75, 3.05) is 36.9 Å². The number of hydrogen-bond acceptors (Lipinski definition) is 4. The molecule has 0 amide bonds. The summed E-state index contributed by atoms with van der Waals surface area (Å²) in [4.78, 5) is 2.33. The van der Waals surface area contributed by atoms with Crippen LogP contribution in [0.2, 0.25) is 0 Å². The van der Waals surface area contributed by atoms with E-state index in [0.717, 1.165) is 31.6 Å². The minimum absolute atomic E-state index is 0.107. The third-order valence-corrected chi connectivity index (χ3v) is 3.12. The van der Waals surface area contributed by atoms with E-state index in [1.807, 2.05) is 18.2 Å². The molecule has 17 heavy (non-hydrogen) atoms. The van der Waals surface area contributed by atoms with Gasteiger partial charge in [0.2, 0.25) is 0 Å². The van der Waals surface area contributed by atoms with E-state index in [-0.39, 0.29) is 6.61 Å². The number of benzene rings is 1. The van der Waals surface area contributed by atoms with E-state index in [2.05, 4.69) is 11.0 Å². The first-order valence-corrected chi connectivity index (χ1v) is 6.12. The maximum absolute atomic E-state index is 8.71. The molecule has 0 aromatic heterocycles. The Labute approximate surface area is 102 Å². The van der Waals surface area contributed by atoms with Crippen LogP contribution in [0.15, 0.2) is 24.3 Å². The summed E-state index contributed by atoms with van der Waals surface area (Å²) in [6, 6.07) is 7.99. The van der Waals surface area contributed by atoms with Crippen molar-refractivity contribution in [3.05, 3.63) is 24.3 Å². The second-order valence-corrected chi connectivity index (χ2v) is 4.38. The first kappa shape index (κ1) is 12.2. The molecule has 0 saturated carbocycles. The van der Waals surface area contributed by atoms with Crippen molar-refractivity contribution in [3.8, 4) is 0 Å². The summed E-state index contributed by atoms with van der Waals surface area (Å²) in [5, 5.41) is 8.71. The molecule has 1 heterocycles. The van der Waals surface area contributed by atoms with Gasteiger partial charge in [-0.05, 0) is 31.0 Å². The summed E-state index contributed by atoms with van der Waals surface area (Å²) < 4.78 is 5.54. The van der Waals surface area contributed by atoms with E-state index in [1.165, 1.54) is 5.69 Å². The van der Waals surface area contributed by atoms with Crippen LogP contribution < -0.4 is 10.6 Å². The highest BCUT2D eigenvalue weighted by atomic mass is 16.5. The molecule has 1 saturated heterocycles. The lowest BCUT2D eigenvalue weighted by Gasteiger charge is -2.33. The van der Waals surface area contributed by atoms with Crippen LogP contribution in [0.5, 0.6) is 0 Å². The molecule has 0 aliphatic carbocycles. The smallest absolute Gasteiger partial charge is 0.0701 e. The highest BCUT2D eigenvalue weighted by Gasteiger charge is 2.19. The lowest BCUT2D eigenvalue weighted by molar-refractivity contribution is 0.0159. The monoisotopic (exact) mass is 236 g/mol. The highest BCUT2D eigenvalue weighted by molar-refractivity contribution is 5.56. The molecule has 1 aliphatic heterocycles.